The van der Waals surface area contributed by atoms with Crippen LogP contribution < -0.4 is 4.74 Å². The molecule has 2 N–H and O–H groups in total. The smallest absolute Gasteiger partial charge is 0.297 e. The zero-order valence-electron chi connectivity index (χ0n) is 17.3. The third-order valence-corrected chi connectivity index (χ3v) is 4.54. The van der Waals surface area contributed by atoms with Crippen LogP contribution in [0.15, 0.2) is 53.3 Å². The van der Waals surface area contributed by atoms with Gasteiger partial charge in [0.2, 0.25) is 0 Å². The molecule has 1 fully saturated rings. The van der Waals surface area contributed by atoms with Crippen molar-refractivity contribution >= 4 is 17.9 Å². The van der Waals surface area contributed by atoms with E-state index < -0.39 is 17.9 Å². The fraction of sp³-hybridized carbons (Fsp3) is 0.364. The molecule has 1 heterocycles. The summed E-state index contributed by atoms with van der Waals surface area (Å²) in [5, 5.41) is 20.2. The Morgan fingerprint density at radius 1 is 1.10 bits per heavy atom. The van der Waals surface area contributed by atoms with Gasteiger partial charge < -0.3 is 4.74 Å². The summed E-state index contributed by atoms with van der Waals surface area (Å²) in [5.41, 5.74) is 2.83. The normalized spacial score (nSPS) is 19.0. The van der Waals surface area contributed by atoms with Crippen LogP contribution in [-0.2, 0) is 9.59 Å². The fourth-order valence-corrected chi connectivity index (χ4v) is 2.70. The van der Waals surface area contributed by atoms with Gasteiger partial charge >= 0.3 is 0 Å². The van der Waals surface area contributed by atoms with Gasteiger partial charge in [0.1, 0.15) is 24.1 Å². The molecule has 29 heavy (non-hydrogen) atoms. The molecule has 0 aromatic heterocycles. The number of allylic oxidation sites excluding steroid dienone is 3. The summed E-state index contributed by atoms with van der Waals surface area (Å²) in [4.78, 5) is 24.0. The lowest BCUT2D eigenvalue weighted by atomic mass is 10.1. The van der Waals surface area contributed by atoms with Crippen molar-refractivity contribution in [3.05, 3.63) is 58.8 Å². The van der Waals surface area contributed by atoms with Crippen molar-refractivity contribution in [1.82, 2.24) is 10.1 Å². The Kier molecular flexibility index (Phi) is 7.75. The highest BCUT2D eigenvalue weighted by molar-refractivity contribution is 6.05. The molecular weight excluding hydrogens is 372 g/mol. The van der Waals surface area contributed by atoms with Gasteiger partial charge in [-0.15, -0.1) is 0 Å². The number of ether oxygens (including phenoxy) is 1. The number of carbonyl (C=O) groups is 2. The van der Waals surface area contributed by atoms with Gasteiger partial charge in [-0.3, -0.25) is 20.0 Å². The van der Waals surface area contributed by atoms with Crippen LogP contribution in [0.2, 0.25) is 0 Å². The van der Waals surface area contributed by atoms with Crippen molar-refractivity contribution in [2.75, 3.05) is 6.61 Å². The molecular formula is C22H28N2O5. The summed E-state index contributed by atoms with van der Waals surface area (Å²) >= 11 is 0. The molecule has 7 nitrogen and oxygen atoms in total. The first kappa shape index (κ1) is 22.4. The predicted molar refractivity (Wildman–Crippen MR) is 109 cm³/mol. The lowest BCUT2D eigenvalue weighted by molar-refractivity contribution is -0.205. The van der Waals surface area contributed by atoms with E-state index in [0.29, 0.717) is 23.0 Å². The first-order chi connectivity index (χ1) is 13.7. The van der Waals surface area contributed by atoms with E-state index in [0.717, 1.165) is 12.8 Å². The monoisotopic (exact) mass is 400 g/mol. The number of nitrogens with zero attached hydrogens (tertiary/aromatic N) is 2. The average molecular weight is 400 g/mol. The Bertz CT molecular complexity index is 835. The zero-order valence-corrected chi connectivity index (χ0v) is 17.3. The van der Waals surface area contributed by atoms with Gasteiger partial charge in [-0.1, -0.05) is 29.4 Å². The summed E-state index contributed by atoms with van der Waals surface area (Å²) in [6.07, 6.45) is 7.58. The van der Waals surface area contributed by atoms with E-state index in [1.54, 1.807) is 24.3 Å². The van der Waals surface area contributed by atoms with Gasteiger partial charge in [-0.25, -0.2) is 5.06 Å². The van der Waals surface area contributed by atoms with Crippen molar-refractivity contribution in [1.29, 1.82) is 0 Å². The largest absolute Gasteiger partial charge is 0.490 e. The van der Waals surface area contributed by atoms with Crippen molar-refractivity contribution in [3.63, 3.8) is 0 Å². The molecule has 1 aromatic rings. The van der Waals surface area contributed by atoms with Crippen LogP contribution in [0.25, 0.3) is 6.08 Å². The molecule has 0 spiro atoms. The van der Waals surface area contributed by atoms with Crippen LogP contribution in [0.4, 0.5) is 0 Å². The molecule has 0 radical (unpaired) electrons. The number of hydrogen-bond acceptors (Lipinski definition) is 5. The maximum atomic E-state index is 12.1. The highest BCUT2D eigenvalue weighted by atomic mass is 16.5. The minimum absolute atomic E-state index is 0.271. The number of hydroxylamine groups is 4. The van der Waals surface area contributed by atoms with Crippen LogP contribution in [0.5, 0.6) is 5.75 Å². The van der Waals surface area contributed by atoms with E-state index in [1.165, 1.54) is 24.1 Å². The van der Waals surface area contributed by atoms with Gasteiger partial charge in [0.15, 0.2) is 0 Å². The van der Waals surface area contributed by atoms with E-state index in [-0.39, 0.29) is 10.8 Å². The molecule has 0 saturated carbocycles. The van der Waals surface area contributed by atoms with Gasteiger partial charge in [-0.2, -0.15) is 5.06 Å². The topological polar surface area (TPSA) is 90.3 Å². The summed E-state index contributed by atoms with van der Waals surface area (Å²) in [7, 11) is 0. The van der Waals surface area contributed by atoms with Crippen LogP contribution in [-0.4, -0.2) is 45.0 Å². The summed E-state index contributed by atoms with van der Waals surface area (Å²) in [6.45, 7) is 8.02. The quantitative estimate of drug-likeness (QED) is 0.411. The zero-order chi connectivity index (χ0) is 21.6. The first-order valence-corrected chi connectivity index (χ1v) is 9.49. The molecule has 156 valence electrons. The predicted octanol–water partition coefficient (Wildman–Crippen LogP) is 3.94. The molecule has 1 unspecified atom stereocenters. The maximum absolute atomic E-state index is 12.1. The highest BCUT2D eigenvalue weighted by Crippen LogP contribution is 2.21. The lowest BCUT2D eigenvalue weighted by Gasteiger charge is -2.32. The third kappa shape index (κ3) is 6.04. The van der Waals surface area contributed by atoms with Gasteiger partial charge in [0.05, 0.1) is 0 Å². The second kappa shape index (κ2) is 10.0. The van der Waals surface area contributed by atoms with Crippen LogP contribution in [0.1, 0.15) is 46.1 Å². The molecule has 1 saturated heterocycles. The van der Waals surface area contributed by atoms with Gasteiger partial charge in [0, 0.05) is 0 Å². The summed E-state index contributed by atoms with van der Waals surface area (Å²) in [5.74, 6) is -0.983. The summed E-state index contributed by atoms with van der Waals surface area (Å²) < 4.78 is 5.70. The highest BCUT2D eigenvalue weighted by Gasteiger charge is 2.39. The summed E-state index contributed by atoms with van der Waals surface area (Å²) in [6, 6.07) is 5.71. The Labute approximate surface area is 171 Å². The second-order valence-electron chi connectivity index (χ2n) is 7.26. The minimum Gasteiger partial charge on any atom is -0.490 e. The number of hydrogen-bond donors (Lipinski definition) is 2. The Hall–Kier alpha value is -2.90. The van der Waals surface area contributed by atoms with Gasteiger partial charge in [-0.05, 0) is 70.4 Å². The first-order valence-electron chi connectivity index (χ1n) is 9.49. The Balaban J connectivity index is 1.98. The number of piperazine rings is 1. The maximum Gasteiger partial charge on any atom is 0.297 e. The van der Waals surface area contributed by atoms with Crippen LogP contribution >= 0.6 is 0 Å². The van der Waals surface area contributed by atoms with Crippen LogP contribution in [0.3, 0.4) is 0 Å². The van der Waals surface area contributed by atoms with Gasteiger partial charge in [0.25, 0.3) is 11.8 Å². The molecule has 0 bridgehead atoms. The molecule has 2 amide bonds. The number of carbonyl (C=O) groups excluding carboxylic acids is 2. The third-order valence-electron chi connectivity index (χ3n) is 4.54. The molecule has 1 aromatic carbocycles. The van der Waals surface area contributed by atoms with E-state index >= 15 is 0 Å². The van der Waals surface area contributed by atoms with E-state index in [2.05, 4.69) is 26.8 Å². The van der Waals surface area contributed by atoms with E-state index in [9.17, 15) is 20.0 Å². The molecule has 2 rings (SSSR count). The fourth-order valence-electron chi connectivity index (χ4n) is 2.70. The molecule has 1 aliphatic rings. The standard InChI is InChI=1S/C22H28N2O5/c1-15(2)6-5-7-16(3)12-13-29-19-10-8-18(9-11-19)14-20-22(26)23(27)17(4)21(25)24(20)28/h6,8-12,14,17,27-28H,5,7,13H2,1-4H3/b16-12+,20-14-. The number of amides is 2. The van der Waals surface area contributed by atoms with E-state index in [4.69, 9.17) is 4.74 Å². The van der Waals surface area contributed by atoms with Crippen LogP contribution in [0, 0.1) is 0 Å². The second-order valence-corrected chi connectivity index (χ2v) is 7.26. The van der Waals surface area contributed by atoms with Crippen molar-refractivity contribution in [2.45, 2.75) is 46.6 Å². The Morgan fingerprint density at radius 2 is 1.76 bits per heavy atom. The molecule has 7 heteroatoms. The average Bonchev–Trinajstić information content (AvgIpc) is 2.69. The number of rotatable bonds is 7. The van der Waals surface area contributed by atoms with Crippen molar-refractivity contribution in [3.8, 4) is 5.75 Å². The minimum atomic E-state index is -1.14. The Morgan fingerprint density at radius 3 is 2.38 bits per heavy atom. The SMILES string of the molecule is CC(C)=CCC/C(C)=C/COc1ccc(/C=C2/C(=O)N(O)C(C)C(=O)N2O)cc1. The van der Waals surface area contributed by atoms with Crippen molar-refractivity contribution in [2.24, 2.45) is 0 Å². The van der Waals surface area contributed by atoms with E-state index in [1.807, 2.05) is 6.08 Å². The van der Waals surface area contributed by atoms with Crippen molar-refractivity contribution < 1.29 is 24.7 Å². The molecule has 0 aliphatic carbocycles. The lowest BCUT2D eigenvalue weighted by Crippen LogP contribution is -2.54. The molecule has 1 atom stereocenters. The molecule has 1 aliphatic heterocycles. The number of benzene rings is 1.